The zero-order chi connectivity index (χ0) is 14.8. The smallest absolute Gasteiger partial charge is 0.276 e. The molecule has 0 aliphatic carbocycles. The third-order valence-electron chi connectivity index (χ3n) is 3.05. The minimum atomic E-state index is -0.261. The number of anilines is 2. The van der Waals surface area contributed by atoms with Crippen LogP contribution in [-0.4, -0.2) is 22.9 Å². The highest BCUT2D eigenvalue weighted by Crippen LogP contribution is 2.26. The van der Waals surface area contributed by atoms with Crippen LogP contribution in [0.2, 0.25) is 0 Å². The predicted molar refractivity (Wildman–Crippen MR) is 86.1 cm³/mol. The zero-order valence-electron chi connectivity index (χ0n) is 11.7. The van der Waals surface area contributed by atoms with E-state index in [1.807, 2.05) is 19.1 Å². The molecule has 1 aromatic carbocycles. The fourth-order valence-corrected chi connectivity index (χ4v) is 2.92. The van der Waals surface area contributed by atoms with E-state index in [0.717, 1.165) is 15.9 Å². The number of benzene rings is 1. The first kappa shape index (κ1) is 13.5. The van der Waals surface area contributed by atoms with E-state index in [1.54, 1.807) is 25.4 Å². The number of carbonyl (C=O) groups excluding carboxylic acids is 1. The van der Waals surface area contributed by atoms with Crippen molar-refractivity contribution in [2.45, 2.75) is 6.92 Å². The van der Waals surface area contributed by atoms with Gasteiger partial charge in [0.25, 0.3) is 5.91 Å². The van der Waals surface area contributed by atoms with Crippen molar-refractivity contribution in [3.63, 3.8) is 0 Å². The van der Waals surface area contributed by atoms with Gasteiger partial charge in [0.15, 0.2) is 5.13 Å². The van der Waals surface area contributed by atoms with Gasteiger partial charge in [-0.1, -0.05) is 17.4 Å². The van der Waals surface area contributed by atoms with Crippen molar-refractivity contribution in [1.29, 1.82) is 0 Å². The zero-order valence-corrected chi connectivity index (χ0v) is 12.5. The third-order valence-corrected chi connectivity index (χ3v) is 3.98. The Kier molecular flexibility index (Phi) is 3.53. The fraction of sp³-hybridized carbons (Fsp3) is 0.133. The highest BCUT2D eigenvalue weighted by molar-refractivity contribution is 7.22. The maximum absolute atomic E-state index is 12.2. The van der Waals surface area contributed by atoms with Gasteiger partial charge in [0.05, 0.1) is 10.2 Å². The van der Waals surface area contributed by atoms with E-state index in [9.17, 15) is 4.79 Å². The molecule has 0 atom stereocenters. The molecule has 2 aromatic heterocycles. The van der Waals surface area contributed by atoms with Crippen LogP contribution in [0.4, 0.5) is 10.8 Å². The molecule has 6 heteroatoms. The van der Waals surface area contributed by atoms with Crippen LogP contribution in [0.1, 0.15) is 16.1 Å². The van der Waals surface area contributed by atoms with Gasteiger partial charge in [-0.05, 0) is 36.8 Å². The Hall–Kier alpha value is -2.47. The fourth-order valence-electron chi connectivity index (χ4n) is 1.96. The van der Waals surface area contributed by atoms with E-state index in [-0.39, 0.29) is 5.91 Å². The van der Waals surface area contributed by atoms with E-state index >= 15 is 0 Å². The number of nitrogens with zero attached hydrogens (tertiary/aromatic N) is 2. The maximum atomic E-state index is 12.2. The van der Waals surface area contributed by atoms with Crippen molar-refractivity contribution in [3.05, 3.63) is 47.8 Å². The van der Waals surface area contributed by atoms with E-state index < -0.39 is 0 Å². The summed E-state index contributed by atoms with van der Waals surface area (Å²) in [5.41, 5.74) is 3.26. The third kappa shape index (κ3) is 2.85. The van der Waals surface area contributed by atoms with Crippen LogP contribution in [0.5, 0.6) is 0 Å². The van der Waals surface area contributed by atoms with Crippen molar-refractivity contribution in [3.8, 4) is 0 Å². The number of amides is 1. The van der Waals surface area contributed by atoms with Crippen LogP contribution >= 0.6 is 11.3 Å². The summed E-state index contributed by atoms with van der Waals surface area (Å²) in [4.78, 5) is 20.7. The summed E-state index contributed by atoms with van der Waals surface area (Å²) in [5, 5.41) is 6.36. The molecule has 0 saturated heterocycles. The Morgan fingerprint density at radius 3 is 2.90 bits per heavy atom. The van der Waals surface area contributed by atoms with Gasteiger partial charge in [-0.25, -0.2) is 4.98 Å². The Bertz CT molecular complexity index is 812. The summed E-state index contributed by atoms with van der Waals surface area (Å²) < 4.78 is 1.06. The first-order chi connectivity index (χ1) is 10.2. The first-order valence-corrected chi connectivity index (χ1v) is 7.30. The summed E-state index contributed by atoms with van der Waals surface area (Å²) in [6.07, 6.45) is 1.60. The Morgan fingerprint density at radius 2 is 2.10 bits per heavy atom. The second kappa shape index (κ2) is 5.49. The Labute approximate surface area is 126 Å². The Balaban J connectivity index is 1.85. The largest absolute Gasteiger partial charge is 0.388 e. The number of nitrogens with one attached hydrogen (secondary N) is 2. The molecule has 0 spiro atoms. The number of hydrogen-bond donors (Lipinski definition) is 2. The highest BCUT2D eigenvalue weighted by atomic mass is 32.1. The van der Waals surface area contributed by atoms with E-state index in [4.69, 9.17) is 0 Å². The topological polar surface area (TPSA) is 66.9 Å². The summed E-state index contributed by atoms with van der Waals surface area (Å²) >= 11 is 1.46. The molecular formula is C15H14N4OS. The molecule has 0 bridgehead atoms. The molecule has 0 radical (unpaired) electrons. The molecule has 21 heavy (non-hydrogen) atoms. The molecule has 106 valence electrons. The second-order valence-electron chi connectivity index (χ2n) is 4.62. The second-order valence-corrected chi connectivity index (χ2v) is 5.65. The number of pyridine rings is 1. The van der Waals surface area contributed by atoms with Gasteiger partial charge < -0.3 is 5.32 Å². The highest BCUT2D eigenvalue weighted by Gasteiger charge is 2.11. The van der Waals surface area contributed by atoms with Crippen molar-refractivity contribution < 1.29 is 4.79 Å². The molecule has 2 N–H and O–H groups in total. The molecule has 0 fully saturated rings. The number of aromatic nitrogens is 2. The Morgan fingerprint density at radius 1 is 1.24 bits per heavy atom. The quantitative estimate of drug-likeness (QED) is 0.778. The summed E-state index contributed by atoms with van der Waals surface area (Å²) in [6, 6.07) is 9.52. The van der Waals surface area contributed by atoms with Crippen LogP contribution in [0, 0.1) is 6.92 Å². The van der Waals surface area contributed by atoms with Gasteiger partial charge in [0, 0.05) is 18.9 Å². The first-order valence-electron chi connectivity index (χ1n) is 6.48. The van der Waals surface area contributed by atoms with Crippen LogP contribution in [0.15, 0.2) is 36.5 Å². The van der Waals surface area contributed by atoms with Gasteiger partial charge in [0.1, 0.15) is 5.69 Å². The van der Waals surface area contributed by atoms with Gasteiger partial charge in [-0.3, -0.25) is 15.1 Å². The molecular weight excluding hydrogens is 284 g/mol. The molecule has 3 rings (SSSR count). The van der Waals surface area contributed by atoms with Crippen LogP contribution < -0.4 is 10.6 Å². The van der Waals surface area contributed by atoms with Crippen molar-refractivity contribution >= 4 is 38.3 Å². The van der Waals surface area contributed by atoms with Crippen LogP contribution in [-0.2, 0) is 0 Å². The summed E-state index contributed by atoms with van der Waals surface area (Å²) in [6.45, 7) is 2.03. The van der Waals surface area contributed by atoms with E-state index in [0.29, 0.717) is 10.8 Å². The predicted octanol–water partition coefficient (Wildman–Crippen LogP) is 3.29. The SMILES string of the molecule is CNc1ccnc(C(=O)Nc2nc3ccc(C)cc3s2)c1. The van der Waals surface area contributed by atoms with Crippen molar-refractivity contribution in [2.24, 2.45) is 0 Å². The number of aryl methyl sites for hydroxylation is 1. The standard InChI is InChI=1S/C15H14N4OS/c1-9-3-4-11-13(7-9)21-15(18-11)19-14(20)12-8-10(16-2)5-6-17-12/h3-8H,1-2H3,(H,16,17)(H,18,19,20). The van der Waals surface area contributed by atoms with Gasteiger partial charge in [0.2, 0.25) is 0 Å². The van der Waals surface area contributed by atoms with Crippen LogP contribution in [0.25, 0.3) is 10.2 Å². The van der Waals surface area contributed by atoms with Crippen molar-refractivity contribution in [1.82, 2.24) is 9.97 Å². The minimum absolute atomic E-state index is 0.261. The lowest BCUT2D eigenvalue weighted by Gasteiger charge is -2.03. The molecule has 0 aliphatic rings. The van der Waals surface area contributed by atoms with Gasteiger partial charge in [-0.2, -0.15) is 0 Å². The molecule has 0 aliphatic heterocycles. The van der Waals surface area contributed by atoms with Crippen molar-refractivity contribution in [2.75, 3.05) is 17.7 Å². The lowest BCUT2D eigenvalue weighted by atomic mass is 10.2. The minimum Gasteiger partial charge on any atom is -0.388 e. The molecule has 2 heterocycles. The number of carbonyl (C=O) groups is 1. The number of rotatable bonds is 3. The normalized spacial score (nSPS) is 10.6. The number of fused-ring (bicyclic) bond motifs is 1. The average Bonchev–Trinajstić information content (AvgIpc) is 2.88. The summed E-state index contributed by atoms with van der Waals surface area (Å²) in [7, 11) is 1.80. The molecule has 0 saturated carbocycles. The van der Waals surface area contributed by atoms with Gasteiger partial charge in [-0.15, -0.1) is 0 Å². The molecule has 0 unspecified atom stereocenters. The van der Waals surface area contributed by atoms with E-state index in [1.165, 1.54) is 16.9 Å². The molecule has 1 amide bonds. The average molecular weight is 298 g/mol. The molecule has 3 aromatic rings. The van der Waals surface area contributed by atoms with E-state index in [2.05, 4.69) is 26.7 Å². The lowest BCUT2D eigenvalue weighted by molar-refractivity contribution is 0.102. The lowest BCUT2D eigenvalue weighted by Crippen LogP contribution is -2.13. The van der Waals surface area contributed by atoms with Gasteiger partial charge >= 0.3 is 0 Å². The monoisotopic (exact) mass is 298 g/mol. The number of thiazole rings is 1. The number of hydrogen-bond acceptors (Lipinski definition) is 5. The van der Waals surface area contributed by atoms with Crippen LogP contribution in [0.3, 0.4) is 0 Å². The summed E-state index contributed by atoms with van der Waals surface area (Å²) in [5.74, 6) is -0.261. The molecule has 5 nitrogen and oxygen atoms in total. The maximum Gasteiger partial charge on any atom is 0.276 e.